The number of carbonyl (C=O) groups is 8. The summed E-state index contributed by atoms with van der Waals surface area (Å²) in [7, 11) is 0. The Morgan fingerprint density at radius 3 is 1.49 bits per heavy atom. The van der Waals surface area contributed by atoms with Gasteiger partial charge >= 0.3 is 41.6 Å². The molecule has 14 nitrogen and oxygen atoms in total. The number of carbonyl (C=O) groups excluding carboxylic acids is 8. The molecule has 47 heavy (non-hydrogen) atoms. The van der Waals surface area contributed by atoms with Crippen molar-refractivity contribution in [1.82, 2.24) is 25.3 Å². The molecule has 0 unspecified atom stereocenters. The van der Waals surface area contributed by atoms with Crippen LogP contribution in [-0.2, 0) is 28.8 Å². The number of nitrogens with one attached hydrogen (secondary N) is 2. The largest absolute Gasteiger partial charge is 1.00 e. The molecule has 0 saturated carbocycles. The average Bonchev–Trinajstić information content (AvgIpc) is 3.58. The van der Waals surface area contributed by atoms with Gasteiger partial charge in [-0.05, 0) is 63.5 Å². The molecule has 0 bridgehead atoms. The Morgan fingerprint density at radius 2 is 1.04 bits per heavy atom. The van der Waals surface area contributed by atoms with Crippen molar-refractivity contribution in [2.24, 2.45) is 5.73 Å². The number of amides is 10. The van der Waals surface area contributed by atoms with Gasteiger partial charge in [0.1, 0.15) is 0 Å². The van der Waals surface area contributed by atoms with Gasteiger partial charge in [0.05, 0.1) is 0 Å². The summed E-state index contributed by atoms with van der Waals surface area (Å²) in [6.45, 7) is 8.51. The molecule has 10 amide bonds. The standard InChI is InChI=1S/C13H20N2O3.C10H14N2O3.C6H11NO.C3H5NO.Na.H/c16-11-7-3-1-5-9-14(11)13(18)15-10-6-2-4-8-12(15)17;1-2-8(13)11-10(15)12-7-5-3-4-6-9(12)14;8-6-4-2-1-3-5-7-6;1-2-3(4)5;;/h1-10H2;2H,1,3-7H2,(H,11,13,15);1-5H2,(H,7,8);2H,1H2,(H2,4,5);;/q;;;;+1;-1. The molecule has 4 heterocycles. The number of primary amides is 1. The van der Waals surface area contributed by atoms with E-state index < -0.39 is 23.9 Å². The van der Waals surface area contributed by atoms with Crippen LogP contribution in [0.2, 0.25) is 0 Å². The van der Waals surface area contributed by atoms with Crippen molar-refractivity contribution in [1.29, 1.82) is 0 Å². The Bertz CT molecular complexity index is 1080. The molecular weight excluding hydrogens is 619 g/mol. The van der Waals surface area contributed by atoms with Crippen LogP contribution >= 0.6 is 0 Å². The molecule has 0 aromatic heterocycles. The van der Waals surface area contributed by atoms with E-state index in [1.54, 1.807) is 0 Å². The van der Waals surface area contributed by atoms with E-state index in [2.05, 4.69) is 29.5 Å². The molecule has 0 atom stereocenters. The van der Waals surface area contributed by atoms with Gasteiger partial charge in [0.2, 0.25) is 29.5 Å². The summed E-state index contributed by atoms with van der Waals surface area (Å²) >= 11 is 0. The number of hydrogen-bond acceptors (Lipinski definition) is 8. The first-order valence-electron chi connectivity index (χ1n) is 16.1. The third-order valence-corrected chi connectivity index (χ3v) is 7.45. The van der Waals surface area contributed by atoms with Crippen LogP contribution in [0.5, 0.6) is 0 Å². The van der Waals surface area contributed by atoms with Crippen molar-refractivity contribution >= 4 is 47.5 Å². The second-order valence-electron chi connectivity index (χ2n) is 11.1. The van der Waals surface area contributed by atoms with Crippen molar-refractivity contribution in [2.75, 3.05) is 26.2 Å². The van der Waals surface area contributed by atoms with E-state index in [4.69, 9.17) is 0 Å². The summed E-state index contributed by atoms with van der Waals surface area (Å²) in [5, 5.41) is 4.87. The number of hydrogen-bond donors (Lipinski definition) is 3. The van der Waals surface area contributed by atoms with Gasteiger partial charge < -0.3 is 12.5 Å². The van der Waals surface area contributed by atoms with E-state index in [9.17, 15) is 38.4 Å². The van der Waals surface area contributed by atoms with Crippen LogP contribution in [0.3, 0.4) is 0 Å². The van der Waals surface area contributed by atoms with E-state index in [1.807, 2.05) is 0 Å². The van der Waals surface area contributed by atoms with Crippen molar-refractivity contribution in [3.8, 4) is 0 Å². The van der Waals surface area contributed by atoms with Gasteiger partial charge in [-0.3, -0.25) is 48.8 Å². The van der Waals surface area contributed by atoms with Crippen LogP contribution in [0, 0.1) is 0 Å². The number of nitrogens with zero attached hydrogens (tertiary/aromatic N) is 3. The van der Waals surface area contributed by atoms with E-state index in [0.717, 1.165) is 101 Å². The summed E-state index contributed by atoms with van der Waals surface area (Å²) in [5.74, 6) is -1.32. The van der Waals surface area contributed by atoms with Crippen LogP contribution in [0.4, 0.5) is 9.59 Å². The van der Waals surface area contributed by atoms with E-state index >= 15 is 0 Å². The van der Waals surface area contributed by atoms with Crippen LogP contribution in [0.1, 0.15) is 104 Å². The van der Waals surface area contributed by atoms with Gasteiger partial charge in [-0.25, -0.2) is 9.59 Å². The van der Waals surface area contributed by atoms with Crippen molar-refractivity contribution < 1.29 is 69.3 Å². The first kappa shape index (κ1) is 43.6. The molecule has 0 aromatic rings. The quantitative estimate of drug-likeness (QED) is 0.273. The van der Waals surface area contributed by atoms with Gasteiger partial charge in [0.25, 0.3) is 5.91 Å². The normalized spacial score (nSPS) is 18.4. The summed E-state index contributed by atoms with van der Waals surface area (Å²) < 4.78 is 0. The fourth-order valence-corrected chi connectivity index (χ4v) is 4.84. The van der Waals surface area contributed by atoms with Gasteiger partial charge in [-0.15, -0.1) is 0 Å². The van der Waals surface area contributed by atoms with Crippen LogP contribution in [-0.4, -0.2) is 88.4 Å². The maximum absolute atomic E-state index is 12.3. The Labute approximate surface area is 301 Å². The maximum atomic E-state index is 12.3. The molecule has 0 aliphatic carbocycles. The van der Waals surface area contributed by atoms with Crippen LogP contribution < -0.4 is 45.9 Å². The topological polar surface area (TPSA) is 196 Å². The minimum absolute atomic E-state index is 0. The number of likely N-dealkylation sites (tertiary alicyclic amines) is 3. The molecule has 0 aromatic carbocycles. The van der Waals surface area contributed by atoms with Gasteiger partial charge in [0.15, 0.2) is 0 Å². The maximum Gasteiger partial charge on any atom is 1.00 e. The summed E-state index contributed by atoms with van der Waals surface area (Å²) in [5.41, 5.74) is 4.53. The summed E-state index contributed by atoms with van der Waals surface area (Å²) in [6.07, 6.45) is 15.3. The minimum Gasteiger partial charge on any atom is -1.00 e. The monoisotopic (exact) mass is 670 g/mol. The van der Waals surface area contributed by atoms with Crippen LogP contribution in [0.15, 0.2) is 25.3 Å². The smallest absolute Gasteiger partial charge is 1.00 e. The molecule has 4 N–H and O–H groups in total. The fraction of sp³-hybridized carbons (Fsp3) is 0.625. The molecule has 0 radical (unpaired) electrons. The SMILES string of the molecule is C=CC(=O)NC(=O)N1CCCCCC1=O.C=CC(N)=O.O=C1CCCCCN1.O=C1CCCCCN1C(=O)N1CCCCCC1=O.[H-].[Na+]. The number of nitrogens with two attached hydrogens (primary N) is 1. The third-order valence-electron chi connectivity index (χ3n) is 7.45. The molecule has 4 aliphatic heterocycles. The summed E-state index contributed by atoms with van der Waals surface area (Å²) in [4.78, 5) is 93.5. The van der Waals surface area contributed by atoms with E-state index in [-0.39, 0.29) is 54.6 Å². The molecule has 4 rings (SSSR count). The van der Waals surface area contributed by atoms with Gasteiger partial charge in [-0.1, -0.05) is 38.8 Å². The van der Waals surface area contributed by atoms with Gasteiger partial charge in [0, 0.05) is 51.9 Å². The second kappa shape index (κ2) is 25.7. The zero-order chi connectivity index (χ0) is 34.3. The first-order chi connectivity index (χ1) is 22.0. The van der Waals surface area contributed by atoms with E-state index in [1.165, 1.54) is 16.2 Å². The minimum atomic E-state index is -0.646. The molecule has 258 valence electrons. The van der Waals surface area contributed by atoms with Crippen LogP contribution in [0.25, 0.3) is 0 Å². The predicted molar refractivity (Wildman–Crippen MR) is 172 cm³/mol. The fourth-order valence-electron chi connectivity index (χ4n) is 4.84. The Kier molecular flexibility index (Phi) is 23.9. The molecule has 15 heteroatoms. The Morgan fingerprint density at radius 1 is 0.638 bits per heavy atom. The molecule has 4 saturated heterocycles. The molecule has 0 spiro atoms. The van der Waals surface area contributed by atoms with Gasteiger partial charge in [-0.2, -0.15) is 0 Å². The zero-order valence-corrected chi connectivity index (χ0v) is 29.9. The summed E-state index contributed by atoms with van der Waals surface area (Å²) in [6, 6.07) is -1.04. The van der Waals surface area contributed by atoms with E-state index in [0.29, 0.717) is 38.9 Å². The number of urea groups is 2. The van der Waals surface area contributed by atoms with Crippen molar-refractivity contribution in [3.63, 3.8) is 0 Å². The first-order valence-corrected chi connectivity index (χ1v) is 16.1. The number of rotatable bonds is 2. The average molecular weight is 671 g/mol. The number of imide groups is 4. The Hall–Kier alpha value is -3.36. The second-order valence-corrected chi connectivity index (χ2v) is 11.1. The molecule has 4 aliphatic rings. The van der Waals surface area contributed by atoms with Crippen molar-refractivity contribution in [2.45, 2.75) is 103 Å². The predicted octanol–water partition coefficient (Wildman–Crippen LogP) is 0.174. The zero-order valence-electron chi connectivity index (χ0n) is 28.9. The Balaban J connectivity index is 0. The van der Waals surface area contributed by atoms with Crippen molar-refractivity contribution in [3.05, 3.63) is 25.3 Å². The third kappa shape index (κ3) is 18.5. The molecule has 4 fully saturated rings. The molecular formula is C32H51N6NaO8.